The van der Waals surface area contributed by atoms with Gasteiger partial charge < -0.3 is 10.1 Å². The van der Waals surface area contributed by atoms with Crippen molar-refractivity contribution in [3.8, 4) is 0 Å². The molecular formula is C11H15ClN2O2. The smallest absolute Gasteiger partial charge is 0.225 e. The van der Waals surface area contributed by atoms with Crippen LogP contribution in [0.4, 0.5) is 5.82 Å². The molecule has 1 aromatic heterocycles. The lowest BCUT2D eigenvalue weighted by atomic mass is 10.3. The summed E-state index contributed by atoms with van der Waals surface area (Å²) in [6, 6.07) is 3.27. The summed E-state index contributed by atoms with van der Waals surface area (Å²) in [5, 5.41) is 3.22. The number of anilines is 1. The SMILES string of the molecule is CCOCCCC(=O)Nc1cc(Cl)ccn1. The molecule has 0 saturated heterocycles. The van der Waals surface area contributed by atoms with E-state index in [2.05, 4.69) is 10.3 Å². The minimum Gasteiger partial charge on any atom is -0.382 e. The van der Waals surface area contributed by atoms with Crippen LogP contribution in [0.15, 0.2) is 18.3 Å². The Hall–Kier alpha value is -1.13. The lowest BCUT2D eigenvalue weighted by Crippen LogP contribution is -2.13. The third-order valence-electron chi connectivity index (χ3n) is 1.89. The lowest BCUT2D eigenvalue weighted by Gasteiger charge is -2.04. The number of amides is 1. The molecule has 88 valence electrons. The number of aromatic nitrogens is 1. The summed E-state index contributed by atoms with van der Waals surface area (Å²) in [7, 11) is 0. The predicted octanol–water partition coefficient (Wildman–Crippen LogP) is 2.49. The average Bonchev–Trinajstić information content (AvgIpc) is 2.24. The molecule has 4 nitrogen and oxygen atoms in total. The molecule has 16 heavy (non-hydrogen) atoms. The van der Waals surface area contributed by atoms with Crippen molar-refractivity contribution in [2.45, 2.75) is 19.8 Å². The van der Waals surface area contributed by atoms with E-state index in [4.69, 9.17) is 16.3 Å². The van der Waals surface area contributed by atoms with Crippen molar-refractivity contribution in [3.05, 3.63) is 23.4 Å². The number of pyridine rings is 1. The molecule has 0 saturated carbocycles. The quantitative estimate of drug-likeness (QED) is 0.780. The molecule has 0 bridgehead atoms. The zero-order chi connectivity index (χ0) is 11.8. The van der Waals surface area contributed by atoms with Crippen LogP contribution in [0.1, 0.15) is 19.8 Å². The topological polar surface area (TPSA) is 51.2 Å². The predicted molar refractivity (Wildman–Crippen MR) is 63.6 cm³/mol. The first-order valence-corrected chi connectivity index (χ1v) is 5.59. The fraction of sp³-hybridized carbons (Fsp3) is 0.455. The molecule has 0 aromatic carbocycles. The van der Waals surface area contributed by atoms with Crippen LogP contribution >= 0.6 is 11.6 Å². The largest absolute Gasteiger partial charge is 0.382 e. The maximum atomic E-state index is 11.4. The highest BCUT2D eigenvalue weighted by atomic mass is 35.5. The summed E-state index contributed by atoms with van der Waals surface area (Å²) in [6.45, 7) is 3.21. The number of rotatable bonds is 6. The van der Waals surface area contributed by atoms with Gasteiger partial charge in [0.2, 0.25) is 5.91 Å². The molecule has 1 aromatic rings. The third-order valence-corrected chi connectivity index (χ3v) is 2.12. The van der Waals surface area contributed by atoms with Crippen LogP contribution in [0.3, 0.4) is 0 Å². The van der Waals surface area contributed by atoms with E-state index in [1.165, 1.54) is 0 Å². The van der Waals surface area contributed by atoms with Crippen molar-refractivity contribution in [2.24, 2.45) is 0 Å². The van der Waals surface area contributed by atoms with Crippen molar-refractivity contribution in [1.29, 1.82) is 0 Å². The Kier molecular flexibility index (Phi) is 5.82. The number of ether oxygens (including phenoxy) is 1. The van der Waals surface area contributed by atoms with Gasteiger partial charge >= 0.3 is 0 Å². The van der Waals surface area contributed by atoms with Gasteiger partial charge in [0.05, 0.1) is 0 Å². The van der Waals surface area contributed by atoms with E-state index in [0.29, 0.717) is 36.9 Å². The second-order valence-corrected chi connectivity index (χ2v) is 3.64. The molecule has 1 rings (SSSR count). The van der Waals surface area contributed by atoms with Crippen LogP contribution in [-0.2, 0) is 9.53 Å². The normalized spacial score (nSPS) is 10.1. The number of hydrogen-bond donors (Lipinski definition) is 1. The van der Waals surface area contributed by atoms with E-state index >= 15 is 0 Å². The number of hydrogen-bond acceptors (Lipinski definition) is 3. The first-order valence-electron chi connectivity index (χ1n) is 5.21. The Labute approximate surface area is 100.0 Å². The van der Waals surface area contributed by atoms with E-state index in [1.807, 2.05) is 6.92 Å². The van der Waals surface area contributed by atoms with Crippen molar-refractivity contribution in [1.82, 2.24) is 4.98 Å². The average molecular weight is 243 g/mol. The van der Waals surface area contributed by atoms with E-state index < -0.39 is 0 Å². The van der Waals surface area contributed by atoms with Gasteiger partial charge in [0, 0.05) is 30.9 Å². The second kappa shape index (κ2) is 7.19. The number of halogens is 1. The molecule has 1 amide bonds. The highest BCUT2D eigenvalue weighted by Crippen LogP contribution is 2.11. The van der Waals surface area contributed by atoms with Gasteiger partial charge in [-0.1, -0.05) is 11.6 Å². The molecule has 0 spiro atoms. The van der Waals surface area contributed by atoms with Crippen LogP contribution in [0.25, 0.3) is 0 Å². The molecule has 0 aliphatic heterocycles. The van der Waals surface area contributed by atoms with Gasteiger partial charge in [-0.2, -0.15) is 0 Å². The fourth-order valence-corrected chi connectivity index (χ4v) is 1.32. The van der Waals surface area contributed by atoms with Crippen molar-refractivity contribution < 1.29 is 9.53 Å². The van der Waals surface area contributed by atoms with Gasteiger partial charge in [0.15, 0.2) is 0 Å². The van der Waals surface area contributed by atoms with Gasteiger partial charge in [-0.3, -0.25) is 4.79 Å². The first-order chi connectivity index (χ1) is 7.72. The van der Waals surface area contributed by atoms with E-state index in [0.717, 1.165) is 0 Å². The molecule has 1 heterocycles. The van der Waals surface area contributed by atoms with Crippen LogP contribution in [0.5, 0.6) is 0 Å². The Bertz CT molecular complexity index is 345. The Morgan fingerprint density at radius 2 is 2.44 bits per heavy atom. The molecule has 0 unspecified atom stereocenters. The van der Waals surface area contributed by atoms with E-state index in [-0.39, 0.29) is 5.91 Å². The second-order valence-electron chi connectivity index (χ2n) is 3.21. The summed E-state index contributed by atoms with van der Waals surface area (Å²) in [5.41, 5.74) is 0. The van der Waals surface area contributed by atoms with Crippen LogP contribution in [-0.4, -0.2) is 24.1 Å². The molecule has 1 N–H and O–H groups in total. The first kappa shape index (κ1) is 12.9. The lowest BCUT2D eigenvalue weighted by molar-refractivity contribution is -0.116. The van der Waals surface area contributed by atoms with Crippen molar-refractivity contribution in [3.63, 3.8) is 0 Å². The van der Waals surface area contributed by atoms with E-state index in [1.54, 1.807) is 18.3 Å². The molecular weight excluding hydrogens is 228 g/mol. The molecule has 0 radical (unpaired) electrons. The van der Waals surface area contributed by atoms with Gasteiger partial charge in [0.1, 0.15) is 5.82 Å². The monoisotopic (exact) mass is 242 g/mol. The van der Waals surface area contributed by atoms with Gasteiger partial charge in [-0.15, -0.1) is 0 Å². The number of nitrogens with one attached hydrogen (secondary N) is 1. The van der Waals surface area contributed by atoms with E-state index in [9.17, 15) is 4.79 Å². The fourth-order valence-electron chi connectivity index (χ4n) is 1.16. The Balaban J connectivity index is 2.29. The number of carbonyl (C=O) groups excluding carboxylic acids is 1. The highest BCUT2D eigenvalue weighted by molar-refractivity contribution is 6.30. The summed E-state index contributed by atoms with van der Waals surface area (Å²) < 4.78 is 5.14. The molecule has 5 heteroatoms. The van der Waals surface area contributed by atoms with Crippen LogP contribution in [0, 0.1) is 0 Å². The third kappa shape index (κ3) is 5.09. The van der Waals surface area contributed by atoms with Crippen LogP contribution < -0.4 is 5.32 Å². The van der Waals surface area contributed by atoms with Crippen molar-refractivity contribution in [2.75, 3.05) is 18.5 Å². The van der Waals surface area contributed by atoms with Crippen molar-refractivity contribution >= 4 is 23.3 Å². The zero-order valence-corrected chi connectivity index (χ0v) is 9.96. The number of carbonyl (C=O) groups is 1. The Morgan fingerprint density at radius 1 is 1.62 bits per heavy atom. The minimum absolute atomic E-state index is 0.0746. The highest BCUT2D eigenvalue weighted by Gasteiger charge is 2.03. The number of nitrogens with zero attached hydrogens (tertiary/aromatic N) is 1. The summed E-state index contributed by atoms with van der Waals surface area (Å²) in [6.07, 6.45) is 2.69. The summed E-state index contributed by atoms with van der Waals surface area (Å²) >= 11 is 5.76. The summed E-state index contributed by atoms with van der Waals surface area (Å²) in [5.74, 6) is 0.406. The zero-order valence-electron chi connectivity index (χ0n) is 9.20. The van der Waals surface area contributed by atoms with Gasteiger partial charge in [0.25, 0.3) is 0 Å². The standard InChI is InChI=1S/C11H15ClN2O2/c1-2-16-7-3-4-11(15)14-10-8-9(12)5-6-13-10/h5-6,8H,2-4,7H2,1H3,(H,13,14,15). The molecule has 0 aliphatic carbocycles. The molecule has 0 fully saturated rings. The maximum Gasteiger partial charge on any atom is 0.225 e. The molecule has 0 aliphatic rings. The molecule has 0 atom stereocenters. The van der Waals surface area contributed by atoms with Gasteiger partial charge in [-0.25, -0.2) is 4.98 Å². The van der Waals surface area contributed by atoms with Gasteiger partial charge in [-0.05, 0) is 25.5 Å². The maximum absolute atomic E-state index is 11.4. The minimum atomic E-state index is -0.0746. The van der Waals surface area contributed by atoms with Crippen LogP contribution in [0.2, 0.25) is 5.02 Å². The summed E-state index contributed by atoms with van der Waals surface area (Å²) in [4.78, 5) is 15.4. The Morgan fingerprint density at radius 3 is 3.12 bits per heavy atom.